The molecule has 8 heteroatoms. The fraction of sp³-hybridized carbons (Fsp3) is 0.409. The smallest absolute Gasteiger partial charge is 0.213 e. The molecule has 3 aromatic heterocycles. The van der Waals surface area contributed by atoms with E-state index in [1.54, 1.807) is 30.8 Å². The van der Waals surface area contributed by atoms with Gasteiger partial charge in [-0.3, -0.25) is 0 Å². The van der Waals surface area contributed by atoms with Gasteiger partial charge in [-0.25, -0.2) is 15.0 Å². The summed E-state index contributed by atoms with van der Waals surface area (Å²) in [6, 6.07) is 5.78. The highest BCUT2D eigenvalue weighted by Crippen LogP contribution is 2.42. The van der Waals surface area contributed by atoms with E-state index in [1.165, 1.54) is 6.42 Å². The van der Waals surface area contributed by atoms with Crippen molar-refractivity contribution in [3.05, 3.63) is 41.2 Å². The highest BCUT2D eigenvalue weighted by molar-refractivity contribution is 7.15. The van der Waals surface area contributed by atoms with Crippen LogP contribution in [-0.2, 0) is 6.42 Å². The number of rotatable bonds is 6. The molecule has 0 radical (unpaired) electrons. The number of aliphatic hydroxyl groups excluding tert-OH is 1. The van der Waals surface area contributed by atoms with E-state index >= 15 is 0 Å². The van der Waals surface area contributed by atoms with Crippen LogP contribution >= 0.6 is 11.3 Å². The first kappa shape index (κ1) is 19.3. The first-order chi connectivity index (χ1) is 14.7. The van der Waals surface area contributed by atoms with Gasteiger partial charge in [0.05, 0.1) is 25.0 Å². The Hall–Kier alpha value is -2.71. The van der Waals surface area contributed by atoms with E-state index in [0.29, 0.717) is 17.4 Å². The SMILES string of the molecule is COc1cc(-c2ccnc(Nc3nc4c(s3)CCCC4O)c2OC2CCC2)ccn1. The van der Waals surface area contributed by atoms with Crippen molar-refractivity contribution >= 4 is 22.3 Å². The third-order valence-electron chi connectivity index (χ3n) is 5.65. The highest BCUT2D eigenvalue weighted by Gasteiger charge is 2.26. The summed E-state index contributed by atoms with van der Waals surface area (Å²) in [5, 5.41) is 14.3. The van der Waals surface area contributed by atoms with Crippen molar-refractivity contribution in [2.45, 2.75) is 50.7 Å². The highest BCUT2D eigenvalue weighted by atomic mass is 32.1. The van der Waals surface area contributed by atoms with E-state index in [2.05, 4.69) is 20.3 Å². The minimum atomic E-state index is -0.477. The maximum atomic E-state index is 10.3. The topological polar surface area (TPSA) is 89.4 Å². The van der Waals surface area contributed by atoms with Crippen molar-refractivity contribution in [3.63, 3.8) is 0 Å². The lowest BCUT2D eigenvalue weighted by Gasteiger charge is -2.28. The molecule has 156 valence electrons. The van der Waals surface area contributed by atoms with Gasteiger partial charge in [0.1, 0.15) is 0 Å². The van der Waals surface area contributed by atoms with E-state index in [0.717, 1.165) is 58.9 Å². The van der Waals surface area contributed by atoms with Gasteiger partial charge in [0.25, 0.3) is 0 Å². The Kier molecular flexibility index (Phi) is 5.26. The number of ether oxygens (including phenoxy) is 2. The molecule has 0 aromatic carbocycles. The molecule has 2 N–H and O–H groups in total. The van der Waals surface area contributed by atoms with Gasteiger partial charge >= 0.3 is 0 Å². The Morgan fingerprint density at radius 2 is 2.00 bits per heavy atom. The molecule has 3 heterocycles. The average Bonchev–Trinajstić information content (AvgIpc) is 3.15. The van der Waals surface area contributed by atoms with Crippen LogP contribution in [0.15, 0.2) is 30.6 Å². The van der Waals surface area contributed by atoms with Crippen LogP contribution in [0.5, 0.6) is 11.6 Å². The molecule has 1 unspecified atom stereocenters. The second kappa shape index (κ2) is 8.20. The van der Waals surface area contributed by atoms with Gasteiger partial charge < -0.3 is 19.9 Å². The minimum absolute atomic E-state index is 0.198. The Balaban J connectivity index is 1.52. The van der Waals surface area contributed by atoms with Crippen LogP contribution in [-0.4, -0.2) is 33.3 Å². The van der Waals surface area contributed by atoms with Crippen LogP contribution in [0.25, 0.3) is 11.1 Å². The average molecular weight is 425 g/mol. The number of thiazole rings is 1. The quantitative estimate of drug-likeness (QED) is 0.595. The lowest BCUT2D eigenvalue weighted by molar-refractivity contribution is 0.121. The molecule has 7 nitrogen and oxygen atoms in total. The van der Waals surface area contributed by atoms with Crippen molar-refractivity contribution in [2.24, 2.45) is 0 Å². The molecule has 0 amide bonds. The van der Waals surface area contributed by atoms with E-state index in [9.17, 15) is 5.11 Å². The number of pyridine rings is 2. The molecule has 0 spiro atoms. The van der Waals surface area contributed by atoms with E-state index in [4.69, 9.17) is 9.47 Å². The van der Waals surface area contributed by atoms with Gasteiger partial charge in [0, 0.05) is 28.9 Å². The zero-order valence-corrected chi connectivity index (χ0v) is 17.6. The van der Waals surface area contributed by atoms with Crippen molar-refractivity contribution in [1.29, 1.82) is 0 Å². The Morgan fingerprint density at radius 3 is 2.77 bits per heavy atom. The summed E-state index contributed by atoms with van der Waals surface area (Å²) in [6.45, 7) is 0. The molecule has 2 aliphatic carbocycles. The monoisotopic (exact) mass is 424 g/mol. The number of aryl methyl sites for hydroxylation is 1. The molecule has 0 saturated heterocycles. The van der Waals surface area contributed by atoms with Gasteiger partial charge in [-0.1, -0.05) is 0 Å². The second-order valence-corrected chi connectivity index (χ2v) is 8.74. The number of anilines is 2. The number of hydrogen-bond donors (Lipinski definition) is 2. The lowest BCUT2D eigenvalue weighted by Crippen LogP contribution is -2.25. The Morgan fingerprint density at radius 1 is 1.13 bits per heavy atom. The van der Waals surface area contributed by atoms with E-state index in [-0.39, 0.29) is 6.10 Å². The van der Waals surface area contributed by atoms with Crippen molar-refractivity contribution < 1.29 is 14.6 Å². The van der Waals surface area contributed by atoms with Crippen LogP contribution in [0.3, 0.4) is 0 Å². The molecule has 1 atom stereocenters. The van der Waals surface area contributed by atoms with E-state index in [1.807, 2.05) is 18.2 Å². The summed E-state index contributed by atoms with van der Waals surface area (Å²) in [6.07, 6.45) is 9.21. The maximum Gasteiger partial charge on any atom is 0.213 e. The molecule has 3 aromatic rings. The maximum absolute atomic E-state index is 10.3. The predicted molar refractivity (Wildman–Crippen MR) is 116 cm³/mol. The predicted octanol–water partition coefficient (Wildman–Crippen LogP) is 4.65. The minimum Gasteiger partial charge on any atom is -0.486 e. The third kappa shape index (κ3) is 3.73. The first-order valence-corrected chi connectivity index (χ1v) is 11.1. The van der Waals surface area contributed by atoms with Gasteiger partial charge in [-0.05, 0) is 56.2 Å². The second-order valence-electron chi connectivity index (χ2n) is 7.65. The summed E-state index contributed by atoms with van der Waals surface area (Å²) in [5.74, 6) is 1.90. The van der Waals surface area contributed by atoms with Crippen LogP contribution in [0.4, 0.5) is 10.9 Å². The van der Waals surface area contributed by atoms with Crippen LogP contribution < -0.4 is 14.8 Å². The Bertz CT molecular complexity index is 1050. The summed E-state index contributed by atoms with van der Waals surface area (Å²) >= 11 is 1.58. The van der Waals surface area contributed by atoms with Crippen LogP contribution in [0, 0.1) is 0 Å². The first-order valence-electron chi connectivity index (χ1n) is 10.3. The summed E-state index contributed by atoms with van der Waals surface area (Å²) in [5.41, 5.74) is 2.68. The molecule has 2 aliphatic rings. The molecule has 0 bridgehead atoms. The lowest BCUT2D eigenvalue weighted by atomic mass is 9.96. The van der Waals surface area contributed by atoms with Crippen LogP contribution in [0.1, 0.15) is 48.8 Å². The molecule has 0 aliphatic heterocycles. The molecule has 30 heavy (non-hydrogen) atoms. The molecular weight excluding hydrogens is 400 g/mol. The number of hydrogen-bond acceptors (Lipinski definition) is 8. The van der Waals surface area contributed by atoms with Gasteiger partial charge in [0.2, 0.25) is 5.88 Å². The summed E-state index contributed by atoms with van der Waals surface area (Å²) in [7, 11) is 1.61. The number of methoxy groups -OCH3 is 1. The molecule has 1 fully saturated rings. The Labute approximate surface area is 179 Å². The van der Waals surface area contributed by atoms with Gasteiger partial charge in [-0.2, -0.15) is 0 Å². The zero-order chi connectivity index (χ0) is 20.5. The normalized spacial score (nSPS) is 18.4. The zero-order valence-electron chi connectivity index (χ0n) is 16.8. The van der Waals surface area contributed by atoms with Crippen molar-refractivity contribution in [1.82, 2.24) is 15.0 Å². The summed E-state index contributed by atoms with van der Waals surface area (Å²) < 4.78 is 11.7. The molecule has 1 saturated carbocycles. The number of nitrogens with zero attached hydrogens (tertiary/aromatic N) is 3. The van der Waals surface area contributed by atoms with E-state index < -0.39 is 6.10 Å². The fourth-order valence-electron chi connectivity index (χ4n) is 3.78. The molecular formula is C22H24N4O3S. The number of aliphatic hydroxyl groups is 1. The standard InChI is InChI=1S/C22H24N4O3S/c1-28-18-12-13(8-10-23-18)15-9-11-24-21(20(15)29-14-4-2-5-14)26-22-25-19-16(27)6-3-7-17(19)30-22/h8-12,14,16,27H,2-7H2,1H3,(H,24,25,26). The van der Waals surface area contributed by atoms with Crippen molar-refractivity contribution in [2.75, 3.05) is 12.4 Å². The molecule has 5 rings (SSSR count). The van der Waals surface area contributed by atoms with Gasteiger partial charge in [0.15, 0.2) is 16.7 Å². The number of fused-ring (bicyclic) bond motifs is 1. The fourth-order valence-corrected chi connectivity index (χ4v) is 4.84. The van der Waals surface area contributed by atoms with Gasteiger partial charge in [-0.15, -0.1) is 11.3 Å². The largest absolute Gasteiger partial charge is 0.486 e. The number of nitrogens with one attached hydrogen (secondary N) is 1. The van der Waals surface area contributed by atoms with Crippen molar-refractivity contribution in [3.8, 4) is 22.8 Å². The number of aromatic nitrogens is 3. The van der Waals surface area contributed by atoms with Crippen LogP contribution in [0.2, 0.25) is 0 Å². The summed E-state index contributed by atoms with van der Waals surface area (Å²) in [4.78, 5) is 14.6. The third-order valence-corrected chi connectivity index (χ3v) is 6.69.